The van der Waals surface area contributed by atoms with E-state index in [-0.39, 0.29) is 0 Å². The van der Waals surface area contributed by atoms with Gasteiger partial charge in [0.15, 0.2) is 0 Å². The van der Waals surface area contributed by atoms with E-state index in [0.717, 1.165) is 17.2 Å². The first kappa shape index (κ1) is 15.1. The smallest absolute Gasteiger partial charge is 0.310 e. The molecule has 1 N–H and O–H groups in total. The molecule has 2 nitrogen and oxygen atoms in total. The van der Waals surface area contributed by atoms with Gasteiger partial charge < -0.3 is 5.11 Å². The molecule has 0 aliphatic heterocycles. The molecule has 0 bridgehead atoms. The summed E-state index contributed by atoms with van der Waals surface area (Å²) in [6, 6.07) is 7.94. The van der Waals surface area contributed by atoms with Crippen LogP contribution >= 0.6 is 11.8 Å². The molecule has 2 unspecified atom stereocenters. The van der Waals surface area contributed by atoms with E-state index in [9.17, 15) is 4.79 Å². The van der Waals surface area contributed by atoms with Crippen LogP contribution in [0.2, 0.25) is 0 Å². The maximum absolute atomic E-state index is 10.9. The highest BCUT2D eigenvalue weighted by atomic mass is 32.2. The van der Waals surface area contributed by atoms with Crippen molar-refractivity contribution in [3.8, 4) is 0 Å². The summed E-state index contributed by atoms with van der Waals surface area (Å²) in [7, 11) is 0. The van der Waals surface area contributed by atoms with Crippen molar-refractivity contribution in [3.63, 3.8) is 0 Å². The Morgan fingerprint density at radius 1 is 1.28 bits per heavy atom. The number of carboxylic acid groups (broad SMARTS) is 1. The molecule has 100 valence electrons. The summed E-state index contributed by atoms with van der Waals surface area (Å²) in [5.74, 6) is 1.76. The van der Waals surface area contributed by atoms with Gasteiger partial charge >= 0.3 is 5.97 Å². The third kappa shape index (κ3) is 4.73. The predicted molar refractivity (Wildman–Crippen MR) is 78.1 cm³/mol. The standard InChI is InChI=1S/C15H22O2S/c1-4-11(2)9-18-10-13-5-7-14(8-6-13)12(3)15(16)17/h5-8,11-12H,4,9-10H2,1-3H3,(H,16,17). The first-order valence-electron chi connectivity index (χ1n) is 6.44. The van der Waals surface area contributed by atoms with E-state index in [0.29, 0.717) is 0 Å². The first-order chi connectivity index (χ1) is 8.54. The molecule has 1 rings (SSSR count). The molecular weight excluding hydrogens is 244 g/mol. The Balaban J connectivity index is 2.48. The number of rotatable bonds is 7. The second kappa shape index (κ2) is 7.47. The van der Waals surface area contributed by atoms with Crippen molar-refractivity contribution >= 4 is 17.7 Å². The fourth-order valence-corrected chi connectivity index (χ4v) is 2.73. The van der Waals surface area contributed by atoms with Gasteiger partial charge in [0.25, 0.3) is 0 Å². The number of benzene rings is 1. The third-order valence-corrected chi connectivity index (χ3v) is 4.56. The van der Waals surface area contributed by atoms with Gasteiger partial charge in [0.05, 0.1) is 5.92 Å². The van der Waals surface area contributed by atoms with Crippen LogP contribution < -0.4 is 0 Å². The highest BCUT2D eigenvalue weighted by Crippen LogP contribution is 2.20. The molecule has 0 amide bonds. The molecule has 0 radical (unpaired) electrons. The number of thioether (sulfide) groups is 1. The summed E-state index contributed by atoms with van der Waals surface area (Å²) in [4.78, 5) is 10.9. The Kier molecular flexibility index (Phi) is 6.27. The van der Waals surface area contributed by atoms with Gasteiger partial charge in [0.2, 0.25) is 0 Å². The average molecular weight is 266 g/mol. The molecule has 0 fully saturated rings. The molecule has 0 heterocycles. The molecule has 2 atom stereocenters. The third-order valence-electron chi connectivity index (χ3n) is 3.22. The molecule has 0 aliphatic carbocycles. The Hall–Kier alpha value is -0.960. The highest BCUT2D eigenvalue weighted by molar-refractivity contribution is 7.98. The van der Waals surface area contributed by atoms with Crippen LogP contribution in [0, 0.1) is 5.92 Å². The zero-order chi connectivity index (χ0) is 13.5. The minimum Gasteiger partial charge on any atom is -0.481 e. The topological polar surface area (TPSA) is 37.3 Å². The van der Waals surface area contributed by atoms with E-state index in [4.69, 9.17) is 5.11 Å². The Morgan fingerprint density at radius 2 is 1.89 bits per heavy atom. The van der Waals surface area contributed by atoms with Crippen molar-refractivity contribution in [2.45, 2.75) is 38.9 Å². The first-order valence-corrected chi connectivity index (χ1v) is 7.59. The fraction of sp³-hybridized carbons (Fsp3) is 0.533. The number of hydrogen-bond donors (Lipinski definition) is 1. The summed E-state index contributed by atoms with van der Waals surface area (Å²) >= 11 is 1.94. The van der Waals surface area contributed by atoms with Gasteiger partial charge in [-0.15, -0.1) is 0 Å². The maximum Gasteiger partial charge on any atom is 0.310 e. The normalized spacial score (nSPS) is 14.2. The zero-order valence-electron chi connectivity index (χ0n) is 11.3. The molecule has 18 heavy (non-hydrogen) atoms. The summed E-state index contributed by atoms with van der Waals surface area (Å²) in [6.45, 7) is 6.20. The molecule has 1 aromatic carbocycles. The van der Waals surface area contributed by atoms with E-state index >= 15 is 0 Å². The van der Waals surface area contributed by atoms with Gasteiger partial charge in [-0.05, 0) is 29.7 Å². The molecule has 0 saturated heterocycles. The van der Waals surface area contributed by atoms with Crippen LogP contribution in [0.1, 0.15) is 44.2 Å². The number of carbonyl (C=O) groups is 1. The Labute approximate surface area is 114 Å². The van der Waals surface area contributed by atoms with Crippen molar-refractivity contribution in [1.29, 1.82) is 0 Å². The molecule has 0 saturated carbocycles. The fourth-order valence-electron chi connectivity index (χ4n) is 1.54. The van der Waals surface area contributed by atoms with Gasteiger partial charge in [-0.2, -0.15) is 11.8 Å². The van der Waals surface area contributed by atoms with Gasteiger partial charge in [-0.25, -0.2) is 0 Å². The van der Waals surface area contributed by atoms with Crippen LogP contribution in [0.25, 0.3) is 0 Å². The maximum atomic E-state index is 10.9. The van der Waals surface area contributed by atoms with Crippen LogP contribution in [0.4, 0.5) is 0 Å². The lowest BCUT2D eigenvalue weighted by molar-refractivity contribution is -0.138. The van der Waals surface area contributed by atoms with Crippen molar-refractivity contribution in [3.05, 3.63) is 35.4 Å². The van der Waals surface area contributed by atoms with Crippen LogP contribution in [0.3, 0.4) is 0 Å². The lowest BCUT2D eigenvalue weighted by Gasteiger charge is -2.09. The van der Waals surface area contributed by atoms with E-state index in [1.54, 1.807) is 6.92 Å². The minimum atomic E-state index is -0.770. The number of hydrogen-bond acceptors (Lipinski definition) is 2. The Morgan fingerprint density at radius 3 is 2.39 bits per heavy atom. The van der Waals surface area contributed by atoms with Crippen molar-refractivity contribution < 1.29 is 9.90 Å². The molecule has 0 spiro atoms. The van der Waals surface area contributed by atoms with E-state index in [1.165, 1.54) is 17.7 Å². The molecule has 3 heteroatoms. The number of carboxylic acids is 1. The average Bonchev–Trinajstić information content (AvgIpc) is 2.38. The Bertz CT molecular complexity index is 373. The van der Waals surface area contributed by atoms with Gasteiger partial charge in [-0.3, -0.25) is 4.79 Å². The summed E-state index contributed by atoms with van der Waals surface area (Å²) in [5.41, 5.74) is 2.14. The van der Waals surface area contributed by atoms with Crippen molar-refractivity contribution in [1.82, 2.24) is 0 Å². The second-order valence-corrected chi connectivity index (χ2v) is 5.86. The van der Waals surface area contributed by atoms with E-state index in [1.807, 2.05) is 36.0 Å². The molecule has 1 aromatic rings. The quantitative estimate of drug-likeness (QED) is 0.805. The van der Waals surface area contributed by atoms with Crippen LogP contribution in [-0.2, 0) is 10.5 Å². The SMILES string of the molecule is CCC(C)CSCc1ccc(C(C)C(=O)O)cc1. The van der Waals surface area contributed by atoms with Crippen LogP contribution in [0.5, 0.6) is 0 Å². The van der Waals surface area contributed by atoms with E-state index in [2.05, 4.69) is 13.8 Å². The van der Waals surface area contributed by atoms with E-state index < -0.39 is 11.9 Å². The van der Waals surface area contributed by atoms with Crippen LogP contribution in [-0.4, -0.2) is 16.8 Å². The van der Waals surface area contributed by atoms with Crippen LogP contribution in [0.15, 0.2) is 24.3 Å². The molecular formula is C15H22O2S. The number of aliphatic carboxylic acids is 1. The molecule has 0 aliphatic rings. The van der Waals surface area contributed by atoms with Gasteiger partial charge in [0.1, 0.15) is 0 Å². The molecule has 0 aromatic heterocycles. The van der Waals surface area contributed by atoms with Crippen molar-refractivity contribution in [2.75, 3.05) is 5.75 Å². The van der Waals surface area contributed by atoms with Gasteiger partial charge in [0, 0.05) is 5.75 Å². The second-order valence-electron chi connectivity index (χ2n) is 4.83. The monoisotopic (exact) mass is 266 g/mol. The lowest BCUT2D eigenvalue weighted by atomic mass is 10.0. The zero-order valence-corrected chi connectivity index (χ0v) is 12.2. The minimum absolute atomic E-state index is 0.424. The highest BCUT2D eigenvalue weighted by Gasteiger charge is 2.12. The predicted octanol–water partition coefficient (Wildman–Crippen LogP) is 4.15. The van der Waals surface area contributed by atoms with Crippen molar-refractivity contribution in [2.24, 2.45) is 5.92 Å². The summed E-state index contributed by atoms with van der Waals surface area (Å²) in [5, 5.41) is 8.93. The van der Waals surface area contributed by atoms with Gasteiger partial charge in [-0.1, -0.05) is 44.5 Å². The summed E-state index contributed by atoms with van der Waals surface area (Å²) < 4.78 is 0. The lowest BCUT2D eigenvalue weighted by Crippen LogP contribution is -2.07. The summed E-state index contributed by atoms with van der Waals surface area (Å²) in [6.07, 6.45) is 1.22. The largest absolute Gasteiger partial charge is 0.481 e.